The number of hydrogen-bond donors (Lipinski definition) is 2. The van der Waals surface area contributed by atoms with Crippen molar-refractivity contribution in [3.63, 3.8) is 0 Å². The molecule has 0 saturated carbocycles. The van der Waals surface area contributed by atoms with Gasteiger partial charge in [-0.2, -0.15) is 5.10 Å². The minimum Gasteiger partial charge on any atom is -0.481 e. The Hall–Kier alpha value is -2.97. The number of aliphatic carboxylic acids is 1. The molecule has 2 amide bonds. The van der Waals surface area contributed by atoms with Gasteiger partial charge in [-0.25, -0.2) is 13.6 Å². The molecule has 1 aliphatic rings. The molecule has 1 aromatic carbocycles. The summed E-state index contributed by atoms with van der Waals surface area (Å²) in [6.45, 7) is 2.48. The maximum Gasteiger partial charge on any atom is 0.323 e. The van der Waals surface area contributed by atoms with E-state index in [4.69, 9.17) is 0 Å². The fourth-order valence-corrected chi connectivity index (χ4v) is 3.31. The summed E-state index contributed by atoms with van der Waals surface area (Å²) < 4.78 is 28.2. The molecule has 27 heavy (non-hydrogen) atoms. The predicted molar refractivity (Wildman–Crippen MR) is 94.1 cm³/mol. The number of amides is 2. The second-order valence-electron chi connectivity index (χ2n) is 6.91. The largest absolute Gasteiger partial charge is 0.481 e. The lowest BCUT2D eigenvalue weighted by atomic mass is 9.91. The Labute approximate surface area is 154 Å². The van der Waals surface area contributed by atoms with E-state index in [1.807, 2.05) is 6.92 Å². The van der Waals surface area contributed by atoms with Crippen LogP contribution in [0.1, 0.15) is 13.3 Å². The summed E-state index contributed by atoms with van der Waals surface area (Å²) in [6.07, 6.45) is 0.528. The highest BCUT2D eigenvalue weighted by atomic mass is 19.1. The molecule has 1 aromatic heterocycles. The van der Waals surface area contributed by atoms with Gasteiger partial charge in [0.05, 0.1) is 11.6 Å². The van der Waals surface area contributed by atoms with Crippen molar-refractivity contribution in [3.8, 4) is 11.3 Å². The van der Waals surface area contributed by atoms with Crippen LogP contribution in [0, 0.1) is 23.5 Å². The zero-order valence-electron chi connectivity index (χ0n) is 14.9. The standard InChI is InChI=1S/C18H20F2N4O3/c1-10-3-12(17(25)26)9-24(8-10)18(27)21-16-7-15(22-23(16)2)11-4-13(19)6-14(20)5-11/h4-7,10,12H,3,8-9H2,1-2H3,(H,21,27)(H,25,26). The highest BCUT2D eigenvalue weighted by molar-refractivity contribution is 5.89. The van der Waals surface area contributed by atoms with Crippen molar-refractivity contribution >= 4 is 17.8 Å². The number of nitrogens with one attached hydrogen (secondary N) is 1. The third kappa shape index (κ3) is 4.24. The summed E-state index contributed by atoms with van der Waals surface area (Å²) in [5.74, 6) is -2.55. The molecule has 1 aliphatic heterocycles. The molecule has 144 valence electrons. The van der Waals surface area contributed by atoms with Gasteiger partial charge in [-0.15, -0.1) is 0 Å². The van der Waals surface area contributed by atoms with Gasteiger partial charge in [-0.05, 0) is 24.5 Å². The number of likely N-dealkylation sites (tertiary alicyclic amines) is 1. The molecular weight excluding hydrogens is 358 g/mol. The van der Waals surface area contributed by atoms with Gasteiger partial charge in [0.25, 0.3) is 0 Å². The number of rotatable bonds is 3. The fraction of sp³-hybridized carbons (Fsp3) is 0.389. The molecule has 0 radical (unpaired) electrons. The minimum atomic E-state index is -0.921. The molecule has 2 unspecified atom stereocenters. The van der Waals surface area contributed by atoms with Crippen LogP contribution in [0.25, 0.3) is 11.3 Å². The highest BCUT2D eigenvalue weighted by Gasteiger charge is 2.32. The molecule has 0 bridgehead atoms. The summed E-state index contributed by atoms with van der Waals surface area (Å²) in [5.41, 5.74) is 0.558. The summed E-state index contributed by atoms with van der Waals surface area (Å²) in [5, 5.41) is 16.1. The Kier molecular flexibility index (Phi) is 5.11. The third-order valence-corrected chi connectivity index (χ3v) is 4.57. The maximum atomic E-state index is 13.4. The van der Waals surface area contributed by atoms with Crippen LogP contribution < -0.4 is 5.32 Å². The van der Waals surface area contributed by atoms with Crippen LogP contribution in [0.15, 0.2) is 24.3 Å². The SMILES string of the molecule is CC1CC(C(=O)O)CN(C(=O)Nc2cc(-c3cc(F)cc(F)c3)nn2C)C1. The van der Waals surface area contributed by atoms with Gasteiger partial charge in [0.15, 0.2) is 0 Å². The van der Waals surface area contributed by atoms with Crippen LogP contribution in [0.2, 0.25) is 0 Å². The van der Waals surface area contributed by atoms with Crippen molar-refractivity contribution in [3.05, 3.63) is 35.9 Å². The second-order valence-corrected chi connectivity index (χ2v) is 6.91. The number of hydrogen-bond acceptors (Lipinski definition) is 3. The van der Waals surface area contributed by atoms with Crippen molar-refractivity contribution in [1.82, 2.24) is 14.7 Å². The van der Waals surface area contributed by atoms with Crippen molar-refractivity contribution in [2.24, 2.45) is 18.9 Å². The highest BCUT2D eigenvalue weighted by Crippen LogP contribution is 2.25. The van der Waals surface area contributed by atoms with Crippen LogP contribution in [0.3, 0.4) is 0 Å². The Morgan fingerprint density at radius 2 is 1.85 bits per heavy atom. The number of benzene rings is 1. The van der Waals surface area contributed by atoms with Gasteiger partial charge in [0.1, 0.15) is 17.5 Å². The number of carbonyl (C=O) groups excluding carboxylic acids is 1. The van der Waals surface area contributed by atoms with Gasteiger partial charge in [-0.1, -0.05) is 6.92 Å². The third-order valence-electron chi connectivity index (χ3n) is 4.57. The van der Waals surface area contributed by atoms with E-state index in [-0.39, 0.29) is 18.0 Å². The predicted octanol–water partition coefficient (Wildman–Crippen LogP) is 2.94. The first-order valence-corrected chi connectivity index (χ1v) is 8.52. The molecule has 3 rings (SSSR count). The molecule has 2 N–H and O–H groups in total. The average molecular weight is 378 g/mol. The molecular formula is C18H20F2N4O3. The van der Waals surface area contributed by atoms with Crippen molar-refractivity contribution in [2.45, 2.75) is 13.3 Å². The number of halogens is 2. The molecule has 2 heterocycles. The lowest BCUT2D eigenvalue weighted by molar-refractivity contribution is -0.143. The number of urea groups is 1. The minimum absolute atomic E-state index is 0.0722. The first-order valence-electron chi connectivity index (χ1n) is 8.52. The van der Waals surface area contributed by atoms with Gasteiger partial charge in [0.2, 0.25) is 0 Å². The number of nitrogens with zero attached hydrogens (tertiary/aromatic N) is 3. The molecule has 0 spiro atoms. The molecule has 7 nitrogen and oxygen atoms in total. The Bertz CT molecular complexity index is 863. The fourth-order valence-electron chi connectivity index (χ4n) is 3.31. The van der Waals surface area contributed by atoms with Gasteiger partial charge in [0, 0.05) is 37.8 Å². The summed E-state index contributed by atoms with van der Waals surface area (Å²) in [7, 11) is 1.59. The van der Waals surface area contributed by atoms with Crippen LogP contribution in [0.5, 0.6) is 0 Å². The van der Waals surface area contributed by atoms with Gasteiger partial charge in [-0.3, -0.25) is 14.8 Å². The van der Waals surface area contributed by atoms with Crippen molar-refractivity contribution in [2.75, 3.05) is 18.4 Å². The zero-order chi connectivity index (χ0) is 19.7. The lowest BCUT2D eigenvalue weighted by Gasteiger charge is -2.34. The van der Waals surface area contributed by atoms with Crippen LogP contribution in [-0.4, -0.2) is 44.9 Å². The Morgan fingerprint density at radius 1 is 1.19 bits per heavy atom. The van der Waals surface area contributed by atoms with Crippen LogP contribution >= 0.6 is 0 Å². The number of carboxylic acid groups (broad SMARTS) is 1. The van der Waals surface area contributed by atoms with Gasteiger partial charge >= 0.3 is 12.0 Å². The number of aromatic nitrogens is 2. The van der Waals surface area contributed by atoms with E-state index in [9.17, 15) is 23.5 Å². The number of carboxylic acids is 1. The van der Waals surface area contributed by atoms with Gasteiger partial charge < -0.3 is 10.0 Å². The van der Waals surface area contributed by atoms with E-state index in [0.717, 1.165) is 18.2 Å². The normalized spacial score (nSPS) is 19.8. The van der Waals surface area contributed by atoms with Crippen LogP contribution in [0.4, 0.5) is 19.4 Å². The topological polar surface area (TPSA) is 87.5 Å². The van der Waals surface area contributed by atoms with E-state index in [2.05, 4.69) is 10.4 Å². The summed E-state index contributed by atoms with van der Waals surface area (Å²) in [6, 6.07) is 4.15. The number of piperidine rings is 1. The van der Waals surface area contributed by atoms with Crippen molar-refractivity contribution < 1.29 is 23.5 Å². The molecule has 2 atom stereocenters. The first kappa shape index (κ1) is 18.8. The monoisotopic (exact) mass is 378 g/mol. The molecule has 0 aliphatic carbocycles. The second kappa shape index (κ2) is 7.34. The quantitative estimate of drug-likeness (QED) is 0.860. The summed E-state index contributed by atoms with van der Waals surface area (Å²) >= 11 is 0. The van der Waals surface area contributed by atoms with Crippen LogP contribution in [-0.2, 0) is 11.8 Å². The lowest BCUT2D eigenvalue weighted by Crippen LogP contribution is -2.47. The molecule has 2 aromatic rings. The van der Waals surface area contributed by atoms with E-state index in [1.165, 1.54) is 15.6 Å². The van der Waals surface area contributed by atoms with E-state index < -0.39 is 29.6 Å². The van der Waals surface area contributed by atoms with E-state index in [0.29, 0.717) is 24.5 Å². The average Bonchev–Trinajstić information content (AvgIpc) is 2.94. The maximum absolute atomic E-state index is 13.4. The smallest absolute Gasteiger partial charge is 0.323 e. The number of carbonyl (C=O) groups is 2. The molecule has 9 heteroatoms. The molecule has 1 fully saturated rings. The first-order chi connectivity index (χ1) is 12.7. The number of aryl methyl sites for hydroxylation is 1. The number of anilines is 1. The summed E-state index contributed by atoms with van der Waals surface area (Å²) in [4.78, 5) is 25.3. The van der Waals surface area contributed by atoms with E-state index in [1.54, 1.807) is 7.05 Å². The Morgan fingerprint density at radius 3 is 2.48 bits per heavy atom. The molecule has 1 saturated heterocycles. The van der Waals surface area contributed by atoms with Crippen molar-refractivity contribution in [1.29, 1.82) is 0 Å². The Balaban J connectivity index is 1.77. The van der Waals surface area contributed by atoms with E-state index >= 15 is 0 Å². The zero-order valence-corrected chi connectivity index (χ0v) is 14.9.